The molecule has 0 saturated heterocycles. The van der Waals surface area contributed by atoms with Gasteiger partial charge in [0.2, 0.25) is 0 Å². The van der Waals surface area contributed by atoms with Gasteiger partial charge in [-0.05, 0) is 29.8 Å². The van der Waals surface area contributed by atoms with Gasteiger partial charge >= 0.3 is 6.18 Å². The molecule has 0 aliphatic rings. The molecule has 9 heteroatoms. The standard InChI is InChI=1S/C18H11ClF4N2OS/c19-12-4-2-11(3-5-12)15-9-27-17(25-15)16(26)24-8-10-1-6-14(20)13(7-10)18(21,22)23/h1-7,9H,8H2,(H,24,26). The second-order valence-electron chi connectivity index (χ2n) is 5.54. The molecule has 2 aromatic carbocycles. The van der Waals surface area contributed by atoms with Gasteiger partial charge in [0.05, 0.1) is 11.3 Å². The van der Waals surface area contributed by atoms with Gasteiger partial charge in [0.25, 0.3) is 5.91 Å². The summed E-state index contributed by atoms with van der Waals surface area (Å²) in [5.41, 5.74) is 0.131. The number of aromatic nitrogens is 1. The van der Waals surface area contributed by atoms with Gasteiger partial charge < -0.3 is 5.32 Å². The Bertz CT molecular complexity index is 970. The van der Waals surface area contributed by atoms with E-state index in [-0.39, 0.29) is 17.1 Å². The third-order valence-electron chi connectivity index (χ3n) is 3.63. The summed E-state index contributed by atoms with van der Waals surface area (Å²) in [7, 11) is 0. The molecule has 3 nitrogen and oxygen atoms in total. The zero-order valence-corrected chi connectivity index (χ0v) is 15.1. The SMILES string of the molecule is O=C(NCc1ccc(F)c(C(F)(F)F)c1)c1nc(-c2ccc(Cl)cc2)cs1. The second-order valence-corrected chi connectivity index (χ2v) is 6.83. The van der Waals surface area contributed by atoms with Crippen molar-refractivity contribution in [1.29, 1.82) is 0 Å². The first-order valence-corrected chi connectivity index (χ1v) is 8.85. The zero-order chi connectivity index (χ0) is 19.6. The molecule has 27 heavy (non-hydrogen) atoms. The molecule has 3 aromatic rings. The molecular formula is C18H11ClF4N2OS. The third kappa shape index (κ3) is 4.64. The lowest BCUT2D eigenvalue weighted by atomic mass is 10.1. The fourth-order valence-corrected chi connectivity index (χ4v) is 3.16. The monoisotopic (exact) mass is 414 g/mol. The van der Waals surface area contributed by atoms with Crippen molar-refractivity contribution in [3.63, 3.8) is 0 Å². The van der Waals surface area contributed by atoms with E-state index in [0.717, 1.165) is 23.0 Å². The highest BCUT2D eigenvalue weighted by molar-refractivity contribution is 7.12. The molecule has 0 spiro atoms. The highest BCUT2D eigenvalue weighted by atomic mass is 35.5. The van der Waals surface area contributed by atoms with Crippen LogP contribution in [-0.2, 0) is 12.7 Å². The van der Waals surface area contributed by atoms with Crippen LogP contribution < -0.4 is 5.32 Å². The molecule has 0 atom stereocenters. The van der Waals surface area contributed by atoms with E-state index in [2.05, 4.69) is 10.3 Å². The van der Waals surface area contributed by atoms with Crippen LogP contribution in [0.5, 0.6) is 0 Å². The number of amides is 1. The van der Waals surface area contributed by atoms with E-state index >= 15 is 0 Å². The number of alkyl halides is 3. The van der Waals surface area contributed by atoms with Gasteiger partial charge in [-0.3, -0.25) is 4.79 Å². The molecule has 3 rings (SSSR count). The van der Waals surface area contributed by atoms with Gasteiger partial charge in [-0.25, -0.2) is 9.37 Å². The second kappa shape index (κ2) is 7.66. The number of nitrogens with one attached hydrogen (secondary N) is 1. The number of nitrogens with zero attached hydrogens (tertiary/aromatic N) is 1. The number of hydrogen-bond acceptors (Lipinski definition) is 3. The Morgan fingerprint density at radius 2 is 1.85 bits per heavy atom. The quantitative estimate of drug-likeness (QED) is 0.568. The molecular weight excluding hydrogens is 404 g/mol. The number of benzene rings is 2. The fourth-order valence-electron chi connectivity index (χ4n) is 2.29. The number of hydrogen-bond donors (Lipinski definition) is 1. The van der Waals surface area contributed by atoms with Crippen molar-refractivity contribution in [2.24, 2.45) is 0 Å². The molecule has 0 unspecified atom stereocenters. The van der Waals surface area contributed by atoms with E-state index in [1.165, 1.54) is 6.07 Å². The summed E-state index contributed by atoms with van der Waals surface area (Å²) in [6.07, 6.45) is -4.80. The Balaban J connectivity index is 1.69. The van der Waals surface area contributed by atoms with Crippen molar-refractivity contribution >= 4 is 28.8 Å². The molecule has 1 aromatic heterocycles. The molecule has 0 radical (unpaired) electrons. The van der Waals surface area contributed by atoms with Crippen LogP contribution in [0.4, 0.5) is 17.6 Å². The van der Waals surface area contributed by atoms with Crippen molar-refractivity contribution in [2.75, 3.05) is 0 Å². The van der Waals surface area contributed by atoms with Crippen LogP contribution in [0.25, 0.3) is 11.3 Å². The molecule has 1 amide bonds. The number of carbonyl (C=O) groups excluding carboxylic acids is 1. The summed E-state index contributed by atoms with van der Waals surface area (Å²) in [5, 5.41) is 4.92. The highest BCUT2D eigenvalue weighted by Crippen LogP contribution is 2.32. The van der Waals surface area contributed by atoms with Gasteiger partial charge in [-0.2, -0.15) is 13.2 Å². The number of rotatable bonds is 4. The summed E-state index contributed by atoms with van der Waals surface area (Å²) in [6.45, 7) is -0.182. The topological polar surface area (TPSA) is 42.0 Å². The van der Waals surface area contributed by atoms with Gasteiger partial charge in [-0.1, -0.05) is 29.8 Å². The average Bonchev–Trinajstić information content (AvgIpc) is 3.10. The van der Waals surface area contributed by atoms with Gasteiger partial charge in [-0.15, -0.1) is 11.3 Å². The van der Waals surface area contributed by atoms with E-state index in [4.69, 9.17) is 11.6 Å². The molecule has 0 fully saturated rings. The maximum absolute atomic E-state index is 13.3. The van der Waals surface area contributed by atoms with E-state index in [9.17, 15) is 22.4 Å². The molecule has 1 heterocycles. The van der Waals surface area contributed by atoms with E-state index < -0.39 is 23.5 Å². The van der Waals surface area contributed by atoms with E-state index in [0.29, 0.717) is 16.8 Å². The van der Waals surface area contributed by atoms with E-state index in [1.54, 1.807) is 29.6 Å². The Hall–Kier alpha value is -2.45. The van der Waals surface area contributed by atoms with Gasteiger partial charge in [0.15, 0.2) is 5.01 Å². The third-order valence-corrected chi connectivity index (χ3v) is 4.72. The molecule has 140 valence electrons. The lowest BCUT2D eigenvalue weighted by molar-refractivity contribution is -0.140. The average molecular weight is 415 g/mol. The highest BCUT2D eigenvalue weighted by Gasteiger charge is 2.34. The maximum Gasteiger partial charge on any atom is 0.419 e. The van der Waals surface area contributed by atoms with Crippen LogP contribution in [0.2, 0.25) is 5.02 Å². The number of halogens is 5. The minimum Gasteiger partial charge on any atom is -0.346 e. The summed E-state index contributed by atoms with van der Waals surface area (Å²) >= 11 is 6.93. The lowest BCUT2D eigenvalue weighted by Gasteiger charge is -2.10. The van der Waals surface area contributed by atoms with Crippen molar-refractivity contribution in [2.45, 2.75) is 12.7 Å². The van der Waals surface area contributed by atoms with Crippen molar-refractivity contribution < 1.29 is 22.4 Å². The summed E-state index contributed by atoms with van der Waals surface area (Å²) in [4.78, 5) is 16.4. The van der Waals surface area contributed by atoms with Crippen LogP contribution >= 0.6 is 22.9 Å². The molecule has 1 N–H and O–H groups in total. The largest absolute Gasteiger partial charge is 0.419 e. The first-order chi connectivity index (χ1) is 12.7. The van der Waals surface area contributed by atoms with Crippen molar-refractivity contribution in [3.8, 4) is 11.3 Å². The van der Waals surface area contributed by atoms with Crippen molar-refractivity contribution in [1.82, 2.24) is 10.3 Å². The predicted molar refractivity (Wildman–Crippen MR) is 95.1 cm³/mol. The first-order valence-electron chi connectivity index (χ1n) is 7.59. The smallest absolute Gasteiger partial charge is 0.346 e. The minimum atomic E-state index is -4.80. The zero-order valence-electron chi connectivity index (χ0n) is 13.5. The summed E-state index contributed by atoms with van der Waals surface area (Å²) in [5.74, 6) is -1.89. The van der Waals surface area contributed by atoms with E-state index in [1.807, 2.05) is 0 Å². The number of thiazole rings is 1. The Kier molecular flexibility index (Phi) is 5.48. The first kappa shape index (κ1) is 19.3. The Labute approximate surface area is 160 Å². The predicted octanol–water partition coefficient (Wildman–Crippen LogP) is 5.55. The van der Waals surface area contributed by atoms with Crippen LogP contribution in [0.3, 0.4) is 0 Å². The minimum absolute atomic E-state index is 0.131. The van der Waals surface area contributed by atoms with Crippen LogP contribution in [0, 0.1) is 5.82 Å². The fraction of sp³-hybridized carbons (Fsp3) is 0.111. The summed E-state index contributed by atoms with van der Waals surface area (Å²) < 4.78 is 51.5. The Morgan fingerprint density at radius 1 is 1.15 bits per heavy atom. The Morgan fingerprint density at radius 3 is 2.52 bits per heavy atom. The van der Waals surface area contributed by atoms with Crippen LogP contribution in [-0.4, -0.2) is 10.9 Å². The molecule has 0 aliphatic heterocycles. The lowest BCUT2D eigenvalue weighted by Crippen LogP contribution is -2.23. The molecule has 0 saturated carbocycles. The van der Waals surface area contributed by atoms with Gasteiger partial charge in [0, 0.05) is 22.5 Å². The van der Waals surface area contributed by atoms with Crippen LogP contribution in [0.1, 0.15) is 20.9 Å². The van der Waals surface area contributed by atoms with Crippen LogP contribution in [0.15, 0.2) is 47.8 Å². The number of carbonyl (C=O) groups is 1. The van der Waals surface area contributed by atoms with Gasteiger partial charge in [0.1, 0.15) is 5.82 Å². The molecule has 0 bridgehead atoms. The maximum atomic E-state index is 13.3. The summed E-state index contributed by atoms with van der Waals surface area (Å²) in [6, 6.07) is 9.51. The molecule has 0 aliphatic carbocycles. The van der Waals surface area contributed by atoms with Crippen molar-refractivity contribution in [3.05, 3.63) is 74.8 Å². The normalized spacial score (nSPS) is 11.4.